The number of carbonyl (C=O) groups is 4. The van der Waals surface area contributed by atoms with Gasteiger partial charge in [0.15, 0.2) is 24.4 Å². The van der Waals surface area contributed by atoms with Gasteiger partial charge < -0.3 is 57.0 Å². The van der Waals surface area contributed by atoms with Crippen LogP contribution in [0.25, 0.3) is 0 Å². The summed E-state index contributed by atoms with van der Waals surface area (Å²) in [6.07, 6.45) is -9.06. The van der Waals surface area contributed by atoms with Crippen LogP contribution in [0.15, 0.2) is 0 Å². The number of carboxylic acids is 4. The Morgan fingerprint density at radius 1 is 0.714 bits per heavy atom. The molecule has 0 aromatic heterocycles. The first-order valence-electron chi connectivity index (χ1n) is 7.40. The van der Waals surface area contributed by atoms with Crippen molar-refractivity contribution < 1.29 is 65.5 Å². The molecule has 15 heteroatoms. The van der Waals surface area contributed by atoms with Gasteiger partial charge in [0, 0.05) is 25.7 Å². The van der Waals surface area contributed by atoms with Gasteiger partial charge in [0.05, 0.1) is 0 Å². The molecule has 0 aliphatic carbocycles. The maximum Gasteiger partial charge on any atom is 0.335 e. The number of hydrogen-bond acceptors (Lipinski definition) is 10. The van der Waals surface area contributed by atoms with E-state index in [1.807, 2.05) is 0 Å². The number of nitrogens with one attached hydrogen (secondary N) is 2. The monoisotopic (exact) mass is 418 g/mol. The Balaban J connectivity index is -0.000000333. The zero-order chi connectivity index (χ0) is 21.7. The predicted molar refractivity (Wildman–Crippen MR) is 88.5 cm³/mol. The summed E-state index contributed by atoms with van der Waals surface area (Å²) in [6.45, 7) is 5.57. The lowest BCUT2D eigenvalue weighted by Gasteiger charge is -2.19. The summed E-state index contributed by atoms with van der Waals surface area (Å²) in [6, 6.07) is 0.675. The molecular formula is C13H26N2O13. The molecule has 15 nitrogen and oxygen atoms in total. The highest BCUT2D eigenvalue weighted by atomic mass is 16.4. The van der Waals surface area contributed by atoms with Crippen LogP contribution in [-0.2, 0) is 19.2 Å². The molecule has 0 aromatic carbocycles. The van der Waals surface area contributed by atoms with Gasteiger partial charge >= 0.3 is 23.9 Å². The van der Waals surface area contributed by atoms with Crippen molar-refractivity contribution in [1.82, 2.24) is 10.6 Å². The van der Waals surface area contributed by atoms with Gasteiger partial charge in [-0.25, -0.2) is 19.2 Å². The quantitative estimate of drug-likeness (QED) is 0.192. The molecule has 1 aliphatic rings. The number of piperazine rings is 1. The van der Waals surface area contributed by atoms with Crippen molar-refractivity contribution in [3.63, 3.8) is 0 Å². The Morgan fingerprint density at radius 3 is 1.11 bits per heavy atom. The lowest BCUT2D eigenvalue weighted by Crippen LogP contribution is -2.46. The van der Waals surface area contributed by atoms with Crippen LogP contribution in [0.2, 0.25) is 0 Å². The fraction of sp³-hybridized carbons (Fsp3) is 0.692. The SMILES string of the molecule is C[C@@H]1CNCCN1.O.O=C(O)[C@@H](O)[C@H](O)C(=O)O.O=C(O)[C@@H](O)[C@H](O)C(=O)O. The van der Waals surface area contributed by atoms with Crippen molar-refractivity contribution >= 4 is 23.9 Å². The van der Waals surface area contributed by atoms with Crippen molar-refractivity contribution in [2.24, 2.45) is 0 Å². The molecule has 0 radical (unpaired) electrons. The zero-order valence-electron chi connectivity index (χ0n) is 14.7. The molecule has 0 aromatic rings. The topological polar surface area (TPSA) is 286 Å². The van der Waals surface area contributed by atoms with E-state index in [9.17, 15) is 19.2 Å². The maximum absolute atomic E-state index is 9.77. The molecule has 1 rings (SSSR count). The minimum atomic E-state index is -2.27. The molecule has 1 fully saturated rings. The van der Waals surface area contributed by atoms with Gasteiger partial charge in [0.25, 0.3) is 0 Å². The van der Waals surface area contributed by atoms with E-state index in [0.29, 0.717) is 6.04 Å². The number of aliphatic hydroxyl groups excluding tert-OH is 4. The highest BCUT2D eigenvalue weighted by molar-refractivity contribution is 5.83. The van der Waals surface area contributed by atoms with E-state index < -0.39 is 48.3 Å². The second kappa shape index (κ2) is 15.6. The fourth-order valence-corrected chi connectivity index (χ4v) is 1.34. The van der Waals surface area contributed by atoms with Crippen molar-refractivity contribution in [2.45, 2.75) is 37.4 Å². The molecule has 0 bridgehead atoms. The predicted octanol–water partition coefficient (Wildman–Crippen LogP) is -5.50. The van der Waals surface area contributed by atoms with Crippen molar-refractivity contribution in [1.29, 1.82) is 0 Å². The number of aliphatic hydroxyl groups is 4. The van der Waals surface area contributed by atoms with E-state index in [1.165, 1.54) is 0 Å². The van der Waals surface area contributed by atoms with Crippen LogP contribution in [-0.4, -0.2) is 120 Å². The van der Waals surface area contributed by atoms with Crippen molar-refractivity contribution in [3.8, 4) is 0 Å². The van der Waals surface area contributed by atoms with Gasteiger partial charge in [-0.1, -0.05) is 0 Å². The van der Waals surface area contributed by atoms with Crippen molar-refractivity contribution in [2.75, 3.05) is 19.6 Å². The lowest BCUT2D eigenvalue weighted by atomic mass is 10.2. The van der Waals surface area contributed by atoms with Gasteiger partial charge in [-0.3, -0.25) is 0 Å². The van der Waals surface area contributed by atoms with Gasteiger partial charge in [-0.05, 0) is 6.92 Å². The van der Waals surface area contributed by atoms with Crippen LogP contribution in [0, 0.1) is 0 Å². The first kappa shape index (κ1) is 30.3. The summed E-state index contributed by atoms with van der Waals surface area (Å²) >= 11 is 0. The average molecular weight is 418 g/mol. The van der Waals surface area contributed by atoms with Gasteiger partial charge in [-0.15, -0.1) is 0 Å². The second-order valence-corrected chi connectivity index (χ2v) is 5.19. The highest BCUT2D eigenvalue weighted by Gasteiger charge is 2.30. The molecule has 1 aliphatic heterocycles. The fourth-order valence-electron chi connectivity index (χ4n) is 1.34. The summed E-state index contributed by atoms with van der Waals surface area (Å²) < 4.78 is 0. The summed E-state index contributed by atoms with van der Waals surface area (Å²) in [5.41, 5.74) is 0. The molecular weight excluding hydrogens is 392 g/mol. The van der Waals surface area contributed by atoms with Crippen molar-refractivity contribution in [3.05, 3.63) is 0 Å². The molecule has 28 heavy (non-hydrogen) atoms. The number of hydrogen-bond donors (Lipinski definition) is 10. The number of carboxylic acid groups (broad SMARTS) is 4. The van der Waals surface area contributed by atoms with E-state index in [4.69, 9.17) is 40.9 Å². The van der Waals surface area contributed by atoms with Crippen LogP contribution in [0.5, 0.6) is 0 Å². The Hall–Kier alpha value is -2.40. The first-order chi connectivity index (χ1) is 12.3. The summed E-state index contributed by atoms with van der Waals surface area (Å²) in [7, 11) is 0. The summed E-state index contributed by atoms with van der Waals surface area (Å²) in [5.74, 6) is -7.07. The number of aliphatic carboxylic acids is 4. The van der Waals surface area contributed by atoms with E-state index in [2.05, 4.69) is 17.6 Å². The molecule has 1 saturated heterocycles. The largest absolute Gasteiger partial charge is 0.479 e. The van der Waals surface area contributed by atoms with Crippen LogP contribution in [0.3, 0.4) is 0 Å². The first-order valence-corrected chi connectivity index (χ1v) is 7.40. The Morgan fingerprint density at radius 2 is 1.00 bits per heavy atom. The second-order valence-electron chi connectivity index (χ2n) is 5.19. The Kier molecular flexibility index (Phi) is 16.9. The highest BCUT2D eigenvalue weighted by Crippen LogP contribution is 1.93. The molecule has 1 heterocycles. The third-order valence-electron chi connectivity index (χ3n) is 2.86. The Labute approximate surface area is 158 Å². The lowest BCUT2D eigenvalue weighted by molar-refractivity contribution is -0.165. The molecule has 12 N–H and O–H groups in total. The van der Waals surface area contributed by atoms with Crippen LogP contribution in [0.1, 0.15) is 6.92 Å². The van der Waals surface area contributed by atoms with Crippen LogP contribution < -0.4 is 10.6 Å². The maximum atomic E-state index is 9.77. The van der Waals surface area contributed by atoms with E-state index >= 15 is 0 Å². The molecule has 0 saturated carbocycles. The smallest absolute Gasteiger partial charge is 0.335 e. The standard InChI is InChI=1S/C5H12N2.2C4H6O6.H2O/c1-5-4-6-2-3-7-5;2*5-1(3(7)8)2(6)4(9)10;/h5-7H,2-4H2,1H3;2*1-2,5-6H,(H,7,8)(H,9,10);1H2/t5-;2*1-,2-;/m100./s1. The van der Waals surface area contributed by atoms with E-state index in [-0.39, 0.29) is 5.48 Å². The molecule has 0 spiro atoms. The minimum Gasteiger partial charge on any atom is -0.479 e. The molecule has 0 amide bonds. The minimum absolute atomic E-state index is 0. The third-order valence-corrected chi connectivity index (χ3v) is 2.86. The van der Waals surface area contributed by atoms with Gasteiger partial charge in [0.1, 0.15) is 0 Å². The zero-order valence-corrected chi connectivity index (χ0v) is 14.7. The molecule has 5 atom stereocenters. The molecule has 0 unspecified atom stereocenters. The van der Waals surface area contributed by atoms with Crippen LogP contribution in [0.4, 0.5) is 0 Å². The summed E-state index contributed by atoms with van der Waals surface area (Å²) in [4.78, 5) is 39.1. The van der Waals surface area contributed by atoms with E-state index in [1.54, 1.807) is 0 Å². The van der Waals surface area contributed by atoms with Gasteiger partial charge in [0.2, 0.25) is 0 Å². The summed E-state index contributed by atoms with van der Waals surface area (Å²) in [5, 5.41) is 71.6. The molecule has 166 valence electrons. The van der Waals surface area contributed by atoms with E-state index in [0.717, 1.165) is 19.6 Å². The van der Waals surface area contributed by atoms with Crippen LogP contribution >= 0.6 is 0 Å². The number of rotatable bonds is 6. The Bertz CT molecular complexity index is 423. The normalized spacial score (nSPS) is 19.5. The third kappa shape index (κ3) is 13.8. The van der Waals surface area contributed by atoms with Gasteiger partial charge in [-0.2, -0.15) is 0 Å². The average Bonchev–Trinajstić information content (AvgIpc) is 2.60.